The van der Waals surface area contributed by atoms with Crippen LogP contribution in [0.1, 0.15) is 29.6 Å². The fourth-order valence-corrected chi connectivity index (χ4v) is 2.71. The van der Waals surface area contributed by atoms with Gasteiger partial charge in [-0.15, -0.1) is 0 Å². The zero-order valence-electron chi connectivity index (χ0n) is 11.8. The number of hydrogen-bond acceptors (Lipinski definition) is 4. The molecule has 110 valence electrons. The number of carbonyl (C=O) groups is 1. The summed E-state index contributed by atoms with van der Waals surface area (Å²) in [5.41, 5.74) is 6.41. The first-order chi connectivity index (χ1) is 10.3. The first-order valence-corrected chi connectivity index (χ1v) is 7.29. The summed E-state index contributed by atoms with van der Waals surface area (Å²) in [4.78, 5) is 16.4. The molecule has 2 heterocycles. The minimum atomic E-state index is -0.114. The maximum atomic E-state index is 12.3. The lowest BCUT2D eigenvalue weighted by molar-refractivity contribution is 0.0908. The Hall–Kier alpha value is -2.14. The van der Waals surface area contributed by atoms with E-state index in [1.807, 2.05) is 24.3 Å². The number of aromatic nitrogens is 1. The molecule has 0 saturated carbocycles. The van der Waals surface area contributed by atoms with E-state index in [0.29, 0.717) is 17.9 Å². The van der Waals surface area contributed by atoms with Crippen LogP contribution in [-0.4, -0.2) is 30.1 Å². The predicted molar refractivity (Wildman–Crippen MR) is 82.1 cm³/mol. The third-order valence-electron chi connectivity index (χ3n) is 3.85. The van der Waals surface area contributed by atoms with E-state index in [2.05, 4.69) is 10.3 Å². The molecule has 0 bridgehead atoms. The van der Waals surface area contributed by atoms with Crippen molar-refractivity contribution in [3.8, 4) is 0 Å². The second kappa shape index (κ2) is 6.10. The lowest BCUT2D eigenvalue weighted by Gasteiger charge is -2.11. The van der Waals surface area contributed by atoms with E-state index in [1.165, 1.54) is 0 Å². The molecule has 1 aromatic carbocycles. The summed E-state index contributed by atoms with van der Waals surface area (Å²) in [7, 11) is 0. The highest BCUT2D eigenvalue weighted by Gasteiger charge is 2.16. The number of nitrogens with zero attached hydrogens (tertiary/aromatic N) is 1. The molecule has 1 saturated heterocycles. The normalized spacial score (nSPS) is 18.0. The van der Waals surface area contributed by atoms with Crippen LogP contribution in [0.3, 0.4) is 0 Å². The van der Waals surface area contributed by atoms with E-state index in [9.17, 15) is 4.79 Å². The van der Waals surface area contributed by atoms with Gasteiger partial charge in [-0.2, -0.15) is 0 Å². The molecule has 1 fully saturated rings. The van der Waals surface area contributed by atoms with Gasteiger partial charge >= 0.3 is 0 Å². The third-order valence-corrected chi connectivity index (χ3v) is 3.85. The first kappa shape index (κ1) is 13.8. The summed E-state index contributed by atoms with van der Waals surface area (Å²) in [6.45, 7) is 1.45. The summed E-state index contributed by atoms with van der Waals surface area (Å²) >= 11 is 0. The molecule has 0 radical (unpaired) electrons. The highest BCUT2D eigenvalue weighted by atomic mass is 16.5. The van der Waals surface area contributed by atoms with Gasteiger partial charge in [-0.1, -0.05) is 24.3 Å². The van der Waals surface area contributed by atoms with Gasteiger partial charge < -0.3 is 15.8 Å². The van der Waals surface area contributed by atoms with Gasteiger partial charge in [0.2, 0.25) is 0 Å². The van der Waals surface area contributed by atoms with Gasteiger partial charge in [-0.25, -0.2) is 4.98 Å². The smallest absolute Gasteiger partial charge is 0.253 e. The van der Waals surface area contributed by atoms with Gasteiger partial charge in [0.05, 0.1) is 11.7 Å². The third kappa shape index (κ3) is 2.97. The van der Waals surface area contributed by atoms with Crippen molar-refractivity contribution in [2.24, 2.45) is 0 Å². The maximum absolute atomic E-state index is 12.3. The lowest BCUT2D eigenvalue weighted by atomic mass is 10.1. The van der Waals surface area contributed by atoms with E-state index in [0.717, 1.165) is 36.6 Å². The van der Waals surface area contributed by atoms with Crippen LogP contribution in [0.5, 0.6) is 0 Å². The van der Waals surface area contributed by atoms with Crippen molar-refractivity contribution in [2.45, 2.75) is 25.4 Å². The van der Waals surface area contributed by atoms with E-state index >= 15 is 0 Å². The lowest BCUT2D eigenvalue weighted by Crippen LogP contribution is -2.27. The fraction of sp³-hybridized carbons (Fsp3) is 0.375. The second-order valence-corrected chi connectivity index (χ2v) is 5.28. The summed E-state index contributed by atoms with van der Waals surface area (Å²) in [6, 6.07) is 7.55. The number of anilines is 1. The summed E-state index contributed by atoms with van der Waals surface area (Å²) < 4.78 is 5.55. The minimum Gasteiger partial charge on any atom is -0.383 e. The van der Waals surface area contributed by atoms with E-state index in [1.54, 1.807) is 6.20 Å². The number of rotatable bonds is 4. The van der Waals surface area contributed by atoms with Crippen molar-refractivity contribution in [2.75, 3.05) is 18.9 Å². The van der Waals surface area contributed by atoms with E-state index < -0.39 is 0 Å². The standard InChI is InChI=1S/C16H19N3O2/c17-15-13-6-2-1-5-12(13)14(10-19-15)16(20)18-8-7-11-4-3-9-21-11/h1-2,5-6,10-11H,3-4,7-9H2,(H2,17,19)(H,18,20). The summed E-state index contributed by atoms with van der Waals surface area (Å²) in [6.07, 6.45) is 4.88. The van der Waals surface area contributed by atoms with Crippen LogP contribution < -0.4 is 11.1 Å². The molecule has 3 rings (SSSR count). The molecule has 1 aromatic heterocycles. The quantitative estimate of drug-likeness (QED) is 0.902. The zero-order valence-corrected chi connectivity index (χ0v) is 11.8. The van der Waals surface area contributed by atoms with Gasteiger partial charge in [-0.3, -0.25) is 4.79 Å². The van der Waals surface area contributed by atoms with Crippen molar-refractivity contribution in [3.63, 3.8) is 0 Å². The van der Waals surface area contributed by atoms with Crippen molar-refractivity contribution in [3.05, 3.63) is 36.0 Å². The highest BCUT2D eigenvalue weighted by molar-refractivity contribution is 6.08. The number of nitrogens with one attached hydrogen (secondary N) is 1. The van der Waals surface area contributed by atoms with Crippen molar-refractivity contribution in [1.82, 2.24) is 10.3 Å². The molecule has 1 amide bonds. The molecule has 1 aliphatic heterocycles. The Morgan fingerprint density at radius 3 is 2.95 bits per heavy atom. The molecule has 5 nitrogen and oxygen atoms in total. The average Bonchev–Trinajstić information content (AvgIpc) is 3.01. The van der Waals surface area contributed by atoms with Crippen molar-refractivity contribution >= 4 is 22.5 Å². The molecule has 1 aliphatic rings. The fourth-order valence-electron chi connectivity index (χ4n) is 2.71. The molecule has 2 aromatic rings. The number of benzene rings is 1. The molecule has 0 aliphatic carbocycles. The maximum Gasteiger partial charge on any atom is 0.253 e. The van der Waals surface area contributed by atoms with Crippen molar-refractivity contribution < 1.29 is 9.53 Å². The number of nitrogens with two attached hydrogens (primary N) is 1. The van der Waals surface area contributed by atoms with E-state index in [4.69, 9.17) is 10.5 Å². The molecule has 21 heavy (non-hydrogen) atoms. The minimum absolute atomic E-state index is 0.114. The topological polar surface area (TPSA) is 77.2 Å². The van der Waals surface area contributed by atoms with Crippen molar-refractivity contribution in [1.29, 1.82) is 0 Å². The van der Waals surface area contributed by atoms with Crippen LogP contribution in [0.15, 0.2) is 30.5 Å². The first-order valence-electron chi connectivity index (χ1n) is 7.29. The SMILES string of the molecule is Nc1ncc(C(=O)NCCC2CCCO2)c2ccccc12. The monoisotopic (exact) mass is 285 g/mol. The van der Waals surface area contributed by atoms with Crippen LogP contribution in [0.4, 0.5) is 5.82 Å². The van der Waals surface area contributed by atoms with Crippen LogP contribution in [-0.2, 0) is 4.74 Å². The number of carbonyl (C=O) groups excluding carboxylic acids is 1. The second-order valence-electron chi connectivity index (χ2n) is 5.28. The molecule has 3 N–H and O–H groups in total. The number of amides is 1. The Labute approximate surface area is 123 Å². The van der Waals surface area contributed by atoms with Gasteiger partial charge in [-0.05, 0) is 24.6 Å². The average molecular weight is 285 g/mol. The molecule has 0 spiro atoms. The summed E-state index contributed by atoms with van der Waals surface area (Å²) in [5, 5.41) is 4.58. The number of ether oxygens (including phenoxy) is 1. The Bertz CT molecular complexity index is 651. The number of pyridine rings is 1. The van der Waals surface area contributed by atoms with Gasteiger partial charge in [0.15, 0.2) is 0 Å². The van der Waals surface area contributed by atoms with Gasteiger partial charge in [0.25, 0.3) is 5.91 Å². The molecule has 5 heteroatoms. The predicted octanol–water partition coefficient (Wildman–Crippen LogP) is 2.12. The Balaban J connectivity index is 1.71. The number of hydrogen-bond donors (Lipinski definition) is 2. The van der Waals surface area contributed by atoms with Crippen LogP contribution >= 0.6 is 0 Å². The zero-order chi connectivity index (χ0) is 14.7. The van der Waals surface area contributed by atoms with Crippen LogP contribution in [0.2, 0.25) is 0 Å². The Morgan fingerprint density at radius 1 is 1.38 bits per heavy atom. The molecule has 1 atom stereocenters. The highest BCUT2D eigenvalue weighted by Crippen LogP contribution is 2.22. The molecule has 1 unspecified atom stereocenters. The largest absolute Gasteiger partial charge is 0.383 e. The number of nitrogen functional groups attached to an aromatic ring is 1. The Kier molecular flexibility index (Phi) is 4.01. The summed E-state index contributed by atoms with van der Waals surface area (Å²) in [5.74, 6) is 0.332. The van der Waals surface area contributed by atoms with Gasteiger partial charge in [0.1, 0.15) is 5.82 Å². The van der Waals surface area contributed by atoms with Crippen LogP contribution in [0, 0.1) is 0 Å². The Morgan fingerprint density at radius 2 is 2.19 bits per heavy atom. The molecular weight excluding hydrogens is 266 g/mol. The van der Waals surface area contributed by atoms with Crippen LogP contribution in [0.25, 0.3) is 10.8 Å². The van der Waals surface area contributed by atoms with Gasteiger partial charge in [0, 0.05) is 24.7 Å². The molecular formula is C16H19N3O2. The number of fused-ring (bicyclic) bond motifs is 1. The van der Waals surface area contributed by atoms with E-state index in [-0.39, 0.29) is 12.0 Å².